The third kappa shape index (κ3) is 4.98. The van der Waals surface area contributed by atoms with E-state index in [0.29, 0.717) is 6.42 Å². The maximum absolute atomic E-state index is 13.5. The average molecular weight is 295 g/mol. The Kier molecular flexibility index (Phi) is 6.52. The van der Waals surface area contributed by atoms with Gasteiger partial charge in [-0.3, -0.25) is 9.59 Å². The zero-order chi connectivity index (χ0) is 15.8. The summed E-state index contributed by atoms with van der Waals surface area (Å²) >= 11 is 0. The first-order valence-electron chi connectivity index (χ1n) is 6.64. The lowest BCUT2D eigenvalue weighted by Crippen LogP contribution is -2.42. The van der Waals surface area contributed by atoms with E-state index in [-0.39, 0.29) is 24.2 Å². The second kappa shape index (κ2) is 8.14. The van der Waals surface area contributed by atoms with Gasteiger partial charge < -0.3 is 10.1 Å². The molecule has 1 N–H and O–H groups in total. The summed E-state index contributed by atoms with van der Waals surface area (Å²) in [6.45, 7) is 1.72. The summed E-state index contributed by atoms with van der Waals surface area (Å²) < 4.78 is 18.1. The van der Waals surface area contributed by atoms with Gasteiger partial charge in [-0.25, -0.2) is 9.18 Å². The van der Waals surface area contributed by atoms with Crippen LogP contribution in [0.2, 0.25) is 0 Å². The lowest BCUT2D eigenvalue weighted by Gasteiger charge is -2.16. The number of halogens is 1. The minimum absolute atomic E-state index is 0.0240. The first-order chi connectivity index (χ1) is 9.99. The van der Waals surface area contributed by atoms with Crippen LogP contribution in [-0.4, -0.2) is 30.8 Å². The molecule has 1 aromatic rings. The van der Waals surface area contributed by atoms with E-state index in [1.165, 1.54) is 25.3 Å². The SMILES string of the molecule is CCC(=O)CC[C@@H](NC(=O)c1ccccc1F)C(=O)OC. The van der Waals surface area contributed by atoms with E-state index < -0.39 is 23.7 Å². The first kappa shape index (κ1) is 16.8. The van der Waals surface area contributed by atoms with Crippen molar-refractivity contribution >= 4 is 17.7 Å². The number of benzene rings is 1. The molecule has 0 bridgehead atoms. The number of Topliss-reactive ketones (excluding diaryl/α,β-unsaturated/α-hetero) is 1. The standard InChI is InChI=1S/C15H18FNO4/c1-3-10(18)8-9-13(15(20)21-2)17-14(19)11-6-4-5-7-12(11)16/h4-7,13H,3,8-9H2,1-2H3,(H,17,19)/t13-/m1/s1. The first-order valence-corrected chi connectivity index (χ1v) is 6.64. The van der Waals surface area contributed by atoms with Gasteiger partial charge in [-0.1, -0.05) is 19.1 Å². The van der Waals surface area contributed by atoms with Gasteiger partial charge in [0.2, 0.25) is 0 Å². The molecule has 0 heterocycles. The van der Waals surface area contributed by atoms with Crippen LogP contribution in [0.3, 0.4) is 0 Å². The third-order valence-corrected chi connectivity index (χ3v) is 3.02. The van der Waals surface area contributed by atoms with Crippen LogP contribution in [0.5, 0.6) is 0 Å². The highest BCUT2D eigenvalue weighted by molar-refractivity contribution is 5.97. The van der Waals surface area contributed by atoms with Crippen LogP contribution < -0.4 is 5.32 Å². The lowest BCUT2D eigenvalue weighted by atomic mass is 10.1. The van der Waals surface area contributed by atoms with Crippen molar-refractivity contribution in [2.45, 2.75) is 32.2 Å². The molecular formula is C15H18FNO4. The Morgan fingerprint density at radius 2 is 1.95 bits per heavy atom. The van der Waals surface area contributed by atoms with Crippen LogP contribution in [0.1, 0.15) is 36.5 Å². The molecule has 6 heteroatoms. The van der Waals surface area contributed by atoms with E-state index in [1.807, 2.05) is 0 Å². The van der Waals surface area contributed by atoms with Crippen molar-refractivity contribution in [2.75, 3.05) is 7.11 Å². The van der Waals surface area contributed by atoms with E-state index in [4.69, 9.17) is 0 Å². The minimum atomic E-state index is -0.974. The van der Waals surface area contributed by atoms with Gasteiger partial charge >= 0.3 is 5.97 Å². The molecule has 1 amide bonds. The zero-order valence-corrected chi connectivity index (χ0v) is 12.0. The molecule has 0 radical (unpaired) electrons. The number of ether oxygens (including phenoxy) is 1. The topological polar surface area (TPSA) is 72.5 Å². The molecule has 0 aromatic heterocycles. The normalized spacial score (nSPS) is 11.6. The highest BCUT2D eigenvalue weighted by Crippen LogP contribution is 2.08. The van der Waals surface area contributed by atoms with Gasteiger partial charge in [-0.2, -0.15) is 0 Å². The van der Waals surface area contributed by atoms with Gasteiger partial charge in [0, 0.05) is 12.8 Å². The lowest BCUT2D eigenvalue weighted by molar-refractivity contribution is -0.143. The van der Waals surface area contributed by atoms with Crippen LogP contribution in [0.15, 0.2) is 24.3 Å². The van der Waals surface area contributed by atoms with Crippen molar-refractivity contribution < 1.29 is 23.5 Å². The maximum Gasteiger partial charge on any atom is 0.328 e. The summed E-state index contributed by atoms with van der Waals surface area (Å²) in [5, 5.41) is 2.40. The fraction of sp³-hybridized carbons (Fsp3) is 0.400. The summed E-state index contributed by atoms with van der Waals surface area (Å²) in [5.41, 5.74) is -0.159. The molecule has 0 spiro atoms. The Morgan fingerprint density at radius 3 is 2.52 bits per heavy atom. The Balaban J connectivity index is 2.76. The summed E-state index contributed by atoms with van der Waals surface area (Å²) in [4.78, 5) is 34.9. The number of ketones is 1. The predicted octanol–water partition coefficient (Wildman–Crippen LogP) is 1.86. The Hall–Kier alpha value is -2.24. The molecule has 0 aliphatic rings. The van der Waals surface area contributed by atoms with E-state index in [9.17, 15) is 18.8 Å². The van der Waals surface area contributed by atoms with Crippen molar-refractivity contribution in [1.29, 1.82) is 0 Å². The minimum Gasteiger partial charge on any atom is -0.467 e. The predicted molar refractivity (Wildman–Crippen MR) is 74.2 cm³/mol. The molecule has 0 saturated carbocycles. The van der Waals surface area contributed by atoms with E-state index in [2.05, 4.69) is 10.1 Å². The number of esters is 1. The number of carbonyl (C=O) groups excluding carboxylic acids is 3. The van der Waals surface area contributed by atoms with Gasteiger partial charge in [0.1, 0.15) is 17.6 Å². The molecule has 0 aliphatic heterocycles. The average Bonchev–Trinajstić information content (AvgIpc) is 2.50. The number of carbonyl (C=O) groups is 3. The van der Waals surface area contributed by atoms with Gasteiger partial charge in [-0.15, -0.1) is 0 Å². The molecule has 114 valence electrons. The maximum atomic E-state index is 13.5. The molecule has 5 nitrogen and oxygen atoms in total. The number of methoxy groups -OCH3 is 1. The number of hydrogen-bond donors (Lipinski definition) is 1. The summed E-state index contributed by atoms with van der Waals surface area (Å²) in [6.07, 6.45) is 0.627. The Bertz CT molecular complexity index is 530. The van der Waals surface area contributed by atoms with Crippen LogP contribution in [0.25, 0.3) is 0 Å². The van der Waals surface area contributed by atoms with E-state index in [1.54, 1.807) is 6.92 Å². The molecule has 0 fully saturated rings. The molecular weight excluding hydrogens is 277 g/mol. The van der Waals surface area contributed by atoms with Crippen molar-refractivity contribution in [3.05, 3.63) is 35.6 Å². The zero-order valence-electron chi connectivity index (χ0n) is 12.0. The van der Waals surface area contributed by atoms with Crippen LogP contribution in [-0.2, 0) is 14.3 Å². The molecule has 21 heavy (non-hydrogen) atoms. The van der Waals surface area contributed by atoms with Crippen LogP contribution >= 0.6 is 0 Å². The second-order valence-corrected chi connectivity index (χ2v) is 4.46. The third-order valence-electron chi connectivity index (χ3n) is 3.02. The molecule has 1 aromatic carbocycles. The van der Waals surface area contributed by atoms with Gasteiger partial charge in [0.25, 0.3) is 5.91 Å². The Labute approximate surface area is 122 Å². The fourth-order valence-corrected chi connectivity index (χ4v) is 1.75. The van der Waals surface area contributed by atoms with Gasteiger partial charge in [-0.05, 0) is 18.6 Å². The second-order valence-electron chi connectivity index (χ2n) is 4.46. The Morgan fingerprint density at radius 1 is 1.29 bits per heavy atom. The number of amides is 1. The van der Waals surface area contributed by atoms with Gasteiger partial charge in [0.05, 0.1) is 12.7 Å². The van der Waals surface area contributed by atoms with E-state index in [0.717, 1.165) is 6.07 Å². The van der Waals surface area contributed by atoms with Gasteiger partial charge in [0.15, 0.2) is 0 Å². The molecule has 0 aliphatic carbocycles. The molecule has 1 atom stereocenters. The van der Waals surface area contributed by atoms with Crippen molar-refractivity contribution in [2.24, 2.45) is 0 Å². The largest absolute Gasteiger partial charge is 0.467 e. The molecule has 0 saturated heterocycles. The van der Waals surface area contributed by atoms with Crippen LogP contribution in [0.4, 0.5) is 4.39 Å². The highest BCUT2D eigenvalue weighted by atomic mass is 19.1. The number of hydrogen-bond acceptors (Lipinski definition) is 4. The van der Waals surface area contributed by atoms with Crippen molar-refractivity contribution in [1.82, 2.24) is 5.32 Å². The number of rotatable bonds is 7. The quantitative estimate of drug-likeness (QED) is 0.779. The van der Waals surface area contributed by atoms with E-state index >= 15 is 0 Å². The summed E-state index contributed by atoms with van der Waals surface area (Å²) in [5.74, 6) is -2.08. The molecule has 1 rings (SSSR count). The van der Waals surface area contributed by atoms with Crippen molar-refractivity contribution in [3.63, 3.8) is 0 Å². The number of nitrogens with one attached hydrogen (secondary N) is 1. The smallest absolute Gasteiger partial charge is 0.328 e. The summed E-state index contributed by atoms with van der Waals surface area (Å²) in [6, 6.07) is 4.48. The highest BCUT2D eigenvalue weighted by Gasteiger charge is 2.23. The molecule has 0 unspecified atom stereocenters. The fourth-order valence-electron chi connectivity index (χ4n) is 1.75. The summed E-state index contributed by atoms with van der Waals surface area (Å²) in [7, 11) is 1.19. The van der Waals surface area contributed by atoms with Crippen molar-refractivity contribution in [3.8, 4) is 0 Å². The monoisotopic (exact) mass is 295 g/mol. The van der Waals surface area contributed by atoms with Crippen LogP contribution in [0, 0.1) is 5.82 Å².